The first-order valence-corrected chi connectivity index (χ1v) is 9.87. The zero-order valence-corrected chi connectivity index (χ0v) is 16.7. The summed E-state index contributed by atoms with van der Waals surface area (Å²) in [5, 5.41) is 3.34. The van der Waals surface area contributed by atoms with E-state index >= 15 is 0 Å². The number of thiazole rings is 1. The lowest BCUT2D eigenvalue weighted by Crippen LogP contribution is -2.10. The number of hydrogen-bond donors (Lipinski definition) is 1. The molecule has 0 aliphatic rings. The van der Waals surface area contributed by atoms with Gasteiger partial charge in [-0.05, 0) is 26.3 Å². The summed E-state index contributed by atoms with van der Waals surface area (Å²) in [5.74, 6) is -0.314. The fourth-order valence-electron chi connectivity index (χ4n) is 2.51. The predicted octanol–water partition coefficient (Wildman–Crippen LogP) is 2.81. The predicted molar refractivity (Wildman–Crippen MR) is 103 cm³/mol. The fourth-order valence-corrected chi connectivity index (χ4v) is 4.22. The normalized spacial score (nSPS) is 10.9. The van der Waals surface area contributed by atoms with E-state index in [1.807, 2.05) is 12.3 Å². The van der Waals surface area contributed by atoms with Crippen LogP contribution in [0.4, 0.5) is 5.82 Å². The van der Waals surface area contributed by atoms with Crippen molar-refractivity contribution in [2.75, 3.05) is 12.3 Å². The van der Waals surface area contributed by atoms with Crippen molar-refractivity contribution in [3.8, 4) is 0 Å². The van der Waals surface area contributed by atoms with Crippen molar-refractivity contribution in [3.05, 3.63) is 32.3 Å². The molecule has 0 aromatic carbocycles. The SMILES string of the molecule is CCOC(=O)c1sc2nc(COC(=O)Cc3csc(C)n3)nc(N)c2c1C. The summed E-state index contributed by atoms with van der Waals surface area (Å²) in [7, 11) is 0. The Hall–Kier alpha value is -2.59. The van der Waals surface area contributed by atoms with Crippen LogP contribution in [0.1, 0.15) is 38.7 Å². The summed E-state index contributed by atoms with van der Waals surface area (Å²) < 4.78 is 10.3. The molecule has 8 nitrogen and oxygen atoms in total. The molecule has 2 N–H and O–H groups in total. The van der Waals surface area contributed by atoms with Crippen molar-refractivity contribution >= 4 is 50.6 Å². The van der Waals surface area contributed by atoms with E-state index in [1.165, 1.54) is 22.7 Å². The minimum atomic E-state index is -0.419. The number of nitrogens with zero attached hydrogens (tertiary/aromatic N) is 3. The quantitative estimate of drug-likeness (QED) is 0.621. The molecule has 0 aliphatic heterocycles. The van der Waals surface area contributed by atoms with Crippen LogP contribution in [0.2, 0.25) is 0 Å². The van der Waals surface area contributed by atoms with Gasteiger partial charge in [-0.3, -0.25) is 4.79 Å². The van der Waals surface area contributed by atoms with Crippen molar-refractivity contribution in [1.82, 2.24) is 15.0 Å². The van der Waals surface area contributed by atoms with Crippen LogP contribution in [-0.4, -0.2) is 33.5 Å². The van der Waals surface area contributed by atoms with E-state index in [4.69, 9.17) is 15.2 Å². The van der Waals surface area contributed by atoms with Gasteiger partial charge in [0, 0.05) is 5.38 Å². The van der Waals surface area contributed by atoms with E-state index in [2.05, 4.69) is 15.0 Å². The van der Waals surface area contributed by atoms with Gasteiger partial charge in [-0.15, -0.1) is 22.7 Å². The van der Waals surface area contributed by atoms with Gasteiger partial charge in [0.05, 0.1) is 29.1 Å². The van der Waals surface area contributed by atoms with Gasteiger partial charge in [0.2, 0.25) is 0 Å². The summed E-state index contributed by atoms with van der Waals surface area (Å²) >= 11 is 2.66. The highest BCUT2D eigenvalue weighted by Crippen LogP contribution is 2.33. The molecule has 0 atom stereocenters. The fraction of sp³-hybridized carbons (Fsp3) is 0.353. The van der Waals surface area contributed by atoms with Crippen molar-refractivity contribution in [3.63, 3.8) is 0 Å². The van der Waals surface area contributed by atoms with E-state index in [0.717, 1.165) is 5.01 Å². The highest BCUT2D eigenvalue weighted by molar-refractivity contribution is 7.20. The average Bonchev–Trinajstić information content (AvgIpc) is 3.16. The lowest BCUT2D eigenvalue weighted by atomic mass is 10.2. The maximum absolute atomic E-state index is 12.0. The highest BCUT2D eigenvalue weighted by Gasteiger charge is 2.20. The van der Waals surface area contributed by atoms with Crippen LogP contribution in [-0.2, 0) is 27.3 Å². The van der Waals surface area contributed by atoms with Gasteiger partial charge < -0.3 is 15.2 Å². The third kappa shape index (κ3) is 4.22. The number of fused-ring (bicyclic) bond motifs is 1. The number of carbonyl (C=O) groups excluding carboxylic acids is 2. The van der Waals surface area contributed by atoms with Crippen LogP contribution in [0.3, 0.4) is 0 Å². The van der Waals surface area contributed by atoms with E-state index in [1.54, 1.807) is 13.8 Å². The molecule has 0 unspecified atom stereocenters. The van der Waals surface area contributed by atoms with Crippen molar-refractivity contribution < 1.29 is 19.1 Å². The maximum Gasteiger partial charge on any atom is 0.348 e. The second kappa shape index (κ2) is 7.97. The summed E-state index contributed by atoms with van der Waals surface area (Å²) in [4.78, 5) is 37.8. The van der Waals surface area contributed by atoms with Crippen molar-refractivity contribution in [2.24, 2.45) is 0 Å². The molecule has 0 spiro atoms. The second-order valence-corrected chi connectivity index (χ2v) is 7.74. The molecule has 0 radical (unpaired) electrons. The number of hydrogen-bond acceptors (Lipinski definition) is 10. The van der Waals surface area contributed by atoms with Crippen LogP contribution < -0.4 is 5.73 Å². The minimum Gasteiger partial charge on any atom is -0.462 e. The first kappa shape index (κ1) is 19.2. The van der Waals surface area contributed by atoms with Crippen molar-refractivity contribution in [2.45, 2.75) is 33.8 Å². The lowest BCUT2D eigenvalue weighted by molar-refractivity contribution is -0.144. The van der Waals surface area contributed by atoms with Crippen LogP contribution >= 0.6 is 22.7 Å². The van der Waals surface area contributed by atoms with Crippen LogP contribution in [0.25, 0.3) is 10.2 Å². The van der Waals surface area contributed by atoms with Gasteiger partial charge in [-0.2, -0.15) is 0 Å². The van der Waals surface area contributed by atoms with Crippen molar-refractivity contribution in [1.29, 1.82) is 0 Å². The monoisotopic (exact) mass is 406 g/mol. The molecule has 0 bridgehead atoms. The van der Waals surface area contributed by atoms with Crippen LogP contribution in [0.5, 0.6) is 0 Å². The van der Waals surface area contributed by atoms with E-state index in [0.29, 0.717) is 26.4 Å². The summed E-state index contributed by atoms with van der Waals surface area (Å²) in [6.07, 6.45) is 0.0905. The molecule has 142 valence electrons. The number of ether oxygens (including phenoxy) is 2. The number of aryl methyl sites for hydroxylation is 2. The number of nitrogens with two attached hydrogens (primary N) is 1. The number of nitrogen functional groups attached to an aromatic ring is 1. The standard InChI is InChI=1S/C17H18N4O4S2/c1-4-24-17(23)14-8(2)13-15(18)20-11(21-16(13)27-14)6-25-12(22)5-10-7-26-9(3)19-10/h7H,4-6H2,1-3H3,(H2,18,20,21). The molecule has 0 saturated heterocycles. The number of carbonyl (C=O) groups is 2. The Labute approximate surface area is 163 Å². The highest BCUT2D eigenvalue weighted by atomic mass is 32.1. The summed E-state index contributed by atoms with van der Waals surface area (Å²) in [5.41, 5.74) is 7.39. The largest absolute Gasteiger partial charge is 0.462 e. The average molecular weight is 406 g/mol. The minimum absolute atomic E-state index is 0.0905. The Morgan fingerprint density at radius 1 is 1.19 bits per heavy atom. The number of rotatable bonds is 6. The van der Waals surface area contributed by atoms with Gasteiger partial charge in [0.15, 0.2) is 12.4 Å². The molecule has 10 heteroatoms. The zero-order valence-electron chi connectivity index (χ0n) is 15.1. The Morgan fingerprint density at radius 3 is 2.63 bits per heavy atom. The van der Waals surface area contributed by atoms with Gasteiger partial charge in [0.1, 0.15) is 15.5 Å². The Morgan fingerprint density at radius 2 is 1.96 bits per heavy atom. The molecule has 3 aromatic rings. The molecule has 3 aromatic heterocycles. The number of esters is 2. The van der Waals surface area contributed by atoms with Crippen LogP contribution in [0.15, 0.2) is 5.38 Å². The molecule has 0 fully saturated rings. The Bertz CT molecular complexity index is 1010. The topological polar surface area (TPSA) is 117 Å². The number of anilines is 1. The third-order valence-electron chi connectivity index (χ3n) is 3.68. The molecule has 27 heavy (non-hydrogen) atoms. The van der Waals surface area contributed by atoms with Gasteiger partial charge in [-0.25, -0.2) is 19.7 Å². The Kier molecular flexibility index (Phi) is 5.66. The second-order valence-electron chi connectivity index (χ2n) is 5.68. The zero-order chi connectivity index (χ0) is 19.6. The molecular formula is C17H18N4O4S2. The first-order valence-electron chi connectivity index (χ1n) is 8.18. The summed E-state index contributed by atoms with van der Waals surface area (Å²) in [6, 6.07) is 0. The maximum atomic E-state index is 12.0. The van der Waals surface area contributed by atoms with E-state index < -0.39 is 11.9 Å². The molecular weight excluding hydrogens is 388 g/mol. The molecule has 3 rings (SSSR count). The molecule has 0 amide bonds. The van der Waals surface area contributed by atoms with Gasteiger partial charge in [-0.1, -0.05) is 0 Å². The molecule has 3 heterocycles. The number of thiophene rings is 1. The van der Waals surface area contributed by atoms with E-state index in [-0.39, 0.29) is 31.3 Å². The van der Waals surface area contributed by atoms with Crippen LogP contribution in [0, 0.1) is 13.8 Å². The van der Waals surface area contributed by atoms with Gasteiger partial charge >= 0.3 is 11.9 Å². The summed E-state index contributed by atoms with van der Waals surface area (Å²) in [6.45, 7) is 5.58. The number of aromatic nitrogens is 3. The molecule has 0 aliphatic carbocycles. The lowest BCUT2D eigenvalue weighted by Gasteiger charge is -2.05. The first-order chi connectivity index (χ1) is 12.9. The smallest absolute Gasteiger partial charge is 0.348 e. The Balaban J connectivity index is 1.75. The third-order valence-corrected chi connectivity index (χ3v) is 5.67. The van der Waals surface area contributed by atoms with Gasteiger partial charge in [0.25, 0.3) is 0 Å². The van der Waals surface area contributed by atoms with E-state index in [9.17, 15) is 9.59 Å². The molecule has 0 saturated carbocycles.